The van der Waals surface area contributed by atoms with Gasteiger partial charge < -0.3 is 9.15 Å². The van der Waals surface area contributed by atoms with Crippen LogP contribution in [0.25, 0.3) is 17.4 Å². The van der Waals surface area contributed by atoms with Crippen LogP contribution >= 0.6 is 23.2 Å². The van der Waals surface area contributed by atoms with Gasteiger partial charge in [0.2, 0.25) is 0 Å². The number of hydrazine groups is 1. The van der Waals surface area contributed by atoms with Crippen molar-refractivity contribution in [1.82, 2.24) is 5.43 Å². The number of hydrogen-bond acceptors (Lipinski definition) is 5. The topological polar surface area (TPSA) is 88.9 Å². The molecule has 10 heteroatoms. The maximum Gasteiger partial charge on any atom is 0.339 e. The minimum Gasteiger partial charge on any atom is -0.458 e. The first-order valence-electron chi connectivity index (χ1n) is 9.78. The van der Waals surface area contributed by atoms with E-state index < -0.39 is 23.6 Å². The Morgan fingerprint density at radius 2 is 1.88 bits per heavy atom. The summed E-state index contributed by atoms with van der Waals surface area (Å²) in [6.45, 7) is 3.53. The first-order valence-corrected chi connectivity index (χ1v) is 10.5. The van der Waals surface area contributed by atoms with Crippen LogP contribution in [0.3, 0.4) is 0 Å². The Bertz CT molecular complexity index is 1370. The molecule has 7 nitrogen and oxygen atoms in total. The molecule has 1 aromatic heterocycles. The van der Waals surface area contributed by atoms with E-state index >= 15 is 0 Å². The Kier molecular flexibility index (Phi) is 6.54. The van der Waals surface area contributed by atoms with E-state index in [-0.39, 0.29) is 39.2 Å². The van der Waals surface area contributed by atoms with E-state index in [9.17, 15) is 18.8 Å². The Labute approximate surface area is 203 Å². The molecule has 3 aromatic rings. The normalized spacial score (nSPS) is 14.4. The van der Waals surface area contributed by atoms with E-state index in [1.165, 1.54) is 36.4 Å². The molecule has 1 aliphatic heterocycles. The second-order valence-electron chi connectivity index (χ2n) is 7.02. The number of halogens is 3. The number of nitrogens with zero attached hydrogens (tertiary/aromatic N) is 1. The van der Waals surface area contributed by atoms with Crippen LogP contribution in [0.4, 0.5) is 10.1 Å². The summed E-state index contributed by atoms with van der Waals surface area (Å²) in [6, 6.07) is 11.6. The predicted molar refractivity (Wildman–Crippen MR) is 125 cm³/mol. The lowest BCUT2D eigenvalue weighted by Gasteiger charge is -2.14. The second kappa shape index (κ2) is 9.54. The predicted octanol–water partition coefficient (Wildman–Crippen LogP) is 5.20. The van der Waals surface area contributed by atoms with Gasteiger partial charge in [0.05, 0.1) is 21.3 Å². The van der Waals surface area contributed by atoms with Crippen molar-refractivity contribution in [3.8, 4) is 11.3 Å². The van der Waals surface area contributed by atoms with E-state index in [1.54, 1.807) is 18.2 Å². The molecule has 1 N–H and O–H groups in total. The van der Waals surface area contributed by atoms with E-state index in [0.29, 0.717) is 11.3 Å². The van der Waals surface area contributed by atoms with Gasteiger partial charge in [-0.2, -0.15) is 0 Å². The molecule has 1 aliphatic rings. The molecule has 4 rings (SSSR count). The molecule has 0 bridgehead atoms. The highest BCUT2D eigenvalue weighted by Gasteiger charge is 2.35. The molecular formula is C24H15Cl2FN2O5. The van der Waals surface area contributed by atoms with Gasteiger partial charge in [-0.05, 0) is 48.5 Å². The number of rotatable bonds is 6. The molecule has 1 saturated heterocycles. The lowest BCUT2D eigenvalue weighted by molar-refractivity contribution is -0.117. The number of carbonyl (C=O) groups excluding carboxylic acids is 3. The lowest BCUT2D eigenvalue weighted by atomic mass is 10.1. The molecule has 0 aliphatic carbocycles. The fourth-order valence-electron chi connectivity index (χ4n) is 3.14. The van der Waals surface area contributed by atoms with Gasteiger partial charge in [-0.1, -0.05) is 35.9 Å². The van der Waals surface area contributed by atoms with Gasteiger partial charge in [0.15, 0.2) is 0 Å². The zero-order valence-electron chi connectivity index (χ0n) is 17.3. The zero-order chi connectivity index (χ0) is 24.4. The summed E-state index contributed by atoms with van der Waals surface area (Å²) < 4.78 is 24.5. The largest absolute Gasteiger partial charge is 0.458 e. The van der Waals surface area contributed by atoms with Gasteiger partial charge in [-0.25, -0.2) is 14.2 Å². The van der Waals surface area contributed by atoms with Crippen LogP contribution in [0.5, 0.6) is 0 Å². The molecule has 172 valence electrons. The molecule has 2 aromatic carbocycles. The van der Waals surface area contributed by atoms with Crippen molar-refractivity contribution in [3.05, 3.63) is 93.9 Å². The molecule has 0 unspecified atom stereocenters. The Hall–Kier alpha value is -3.88. The van der Waals surface area contributed by atoms with Gasteiger partial charge in [0.1, 0.15) is 29.5 Å². The number of anilines is 1. The Balaban J connectivity index is 1.59. The van der Waals surface area contributed by atoms with Crippen LogP contribution in [0.15, 0.2) is 71.2 Å². The van der Waals surface area contributed by atoms with E-state index in [4.69, 9.17) is 32.4 Å². The summed E-state index contributed by atoms with van der Waals surface area (Å²) in [5.41, 5.74) is 2.95. The molecule has 2 heterocycles. The number of ether oxygens (including phenoxy) is 1. The average Bonchev–Trinajstić information content (AvgIpc) is 3.40. The molecule has 0 radical (unpaired) electrons. The first-order chi connectivity index (χ1) is 16.3. The fraction of sp³-hybridized carbons (Fsp3) is 0.0417. The van der Waals surface area contributed by atoms with Crippen molar-refractivity contribution >= 4 is 52.7 Å². The van der Waals surface area contributed by atoms with Gasteiger partial charge >= 0.3 is 5.97 Å². The highest BCUT2D eigenvalue weighted by Crippen LogP contribution is 2.29. The van der Waals surface area contributed by atoms with Crippen LogP contribution in [0, 0.1) is 5.82 Å². The summed E-state index contributed by atoms with van der Waals surface area (Å²) in [7, 11) is 0. The van der Waals surface area contributed by atoms with Crippen molar-refractivity contribution in [1.29, 1.82) is 0 Å². The van der Waals surface area contributed by atoms with Crippen molar-refractivity contribution in [2.45, 2.75) is 0 Å². The SMILES string of the molecule is C=CCOC(=O)c1cc(-c2ccc(C=C3C(=O)NN(c4ccc(Cl)c(F)c4)C3=O)o2)ccc1Cl. The summed E-state index contributed by atoms with van der Waals surface area (Å²) in [6.07, 6.45) is 2.70. The van der Waals surface area contributed by atoms with E-state index in [2.05, 4.69) is 12.0 Å². The summed E-state index contributed by atoms with van der Waals surface area (Å²) in [5.74, 6) is -2.15. The van der Waals surface area contributed by atoms with Crippen molar-refractivity contribution < 1.29 is 27.9 Å². The number of esters is 1. The summed E-state index contributed by atoms with van der Waals surface area (Å²) in [4.78, 5) is 37.3. The van der Waals surface area contributed by atoms with E-state index in [0.717, 1.165) is 11.1 Å². The van der Waals surface area contributed by atoms with Crippen LogP contribution in [0.1, 0.15) is 16.1 Å². The number of hydrogen-bond donors (Lipinski definition) is 1. The summed E-state index contributed by atoms with van der Waals surface area (Å²) >= 11 is 11.8. The molecule has 0 spiro atoms. The molecule has 0 saturated carbocycles. The number of furan rings is 1. The van der Waals surface area contributed by atoms with Gasteiger partial charge in [0.25, 0.3) is 11.8 Å². The average molecular weight is 501 g/mol. The van der Waals surface area contributed by atoms with Crippen LogP contribution in [-0.4, -0.2) is 24.4 Å². The minimum atomic E-state index is -0.731. The summed E-state index contributed by atoms with van der Waals surface area (Å²) in [5, 5.41) is 1.01. The molecule has 1 fully saturated rings. The second-order valence-corrected chi connectivity index (χ2v) is 7.84. The number of carbonyl (C=O) groups is 3. The van der Waals surface area contributed by atoms with Gasteiger partial charge in [-0.3, -0.25) is 15.0 Å². The number of nitrogens with one attached hydrogen (secondary N) is 1. The quantitative estimate of drug-likeness (QED) is 0.217. The van der Waals surface area contributed by atoms with Crippen molar-refractivity contribution in [2.75, 3.05) is 11.6 Å². The monoisotopic (exact) mass is 500 g/mol. The maximum absolute atomic E-state index is 13.8. The number of benzene rings is 2. The van der Waals surface area contributed by atoms with Crippen LogP contribution in [0.2, 0.25) is 10.0 Å². The standard InChI is InChI=1S/C24H15Cl2FN2O5/c1-2-9-33-24(32)16-10-13(3-6-18(16)25)21-8-5-15(34-21)12-17-22(30)28-29(23(17)31)14-4-7-19(26)20(27)11-14/h2-8,10-12H,1,9H2,(H,28,30). The fourth-order valence-corrected chi connectivity index (χ4v) is 3.45. The minimum absolute atomic E-state index is 0.0354. The number of amides is 2. The van der Waals surface area contributed by atoms with Crippen molar-refractivity contribution in [3.63, 3.8) is 0 Å². The third kappa shape index (κ3) is 4.59. The molecule has 34 heavy (non-hydrogen) atoms. The van der Waals surface area contributed by atoms with Crippen LogP contribution < -0.4 is 10.4 Å². The molecular weight excluding hydrogens is 486 g/mol. The van der Waals surface area contributed by atoms with Crippen LogP contribution in [-0.2, 0) is 14.3 Å². The maximum atomic E-state index is 13.8. The highest BCUT2D eigenvalue weighted by atomic mass is 35.5. The van der Waals surface area contributed by atoms with Gasteiger partial charge in [-0.15, -0.1) is 0 Å². The molecule has 2 amide bonds. The first kappa shape index (κ1) is 23.3. The van der Waals surface area contributed by atoms with E-state index in [1.807, 2.05) is 0 Å². The smallest absolute Gasteiger partial charge is 0.339 e. The lowest BCUT2D eigenvalue weighted by Crippen LogP contribution is -2.35. The third-order valence-electron chi connectivity index (χ3n) is 4.77. The highest BCUT2D eigenvalue weighted by molar-refractivity contribution is 6.34. The van der Waals surface area contributed by atoms with Gasteiger partial charge in [0, 0.05) is 11.6 Å². The Morgan fingerprint density at radius 1 is 1.12 bits per heavy atom. The van der Waals surface area contributed by atoms with Crippen molar-refractivity contribution in [2.24, 2.45) is 0 Å². The third-order valence-corrected chi connectivity index (χ3v) is 5.41. The zero-order valence-corrected chi connectivity index (χ0v) is 18.8. The Morgan fingerprint density at radius 3 is 2.62 bits per heavy atom. The molecule has 0 atom stereocenters.